The highest BCUT2D eigenvalue weighted by molar-refractivity contribution is 5.89. The van der Waals surface area contributed by atoms with E-state index < -0.39 is 0 Å². The lowest BCUT2D eigenvalue weighted by molar-refractivity contribution is 0.290. The Kier molecular flexibility index (Phi) is 3.34. The fourth-order valence-electron chi connectivity index (χ4n) is 3.13. The first-order valence-electron chi connectivity index (χ1n) is 7.78. The molecule has 1 aliphatic rings. The zero-order valence-corrected chi connectivity index (χ0v) is 13.4. The standard InChI is InChI=1S/C20H19NO2/c1-14-3-9-18-15(11-14)4-10-20-19(18)12-21(13-23-20)16-5-7-17(22-2)8-6-16/h3-11H,12-13H2,1-2H3. The van der Waals surface area contributed by atoms with Gasteiger partial charge in [-0.25, -0.2) is 0 Å². The first-order valence-corrected chi connectivity index (χ1v) is 7.78. The molecular weight excluding hydrogens is 286 g/mol. The van der Waals surface area contributed by atoms with Crippen LogP contribution in [0.1, 0.15) is 11.1 Å². The van der Waals surface area contributed by atoms with Gasteiger partial charge in [-0.3, -0.25) is 0 Å². The van der Waals surface area contributed by atoms with Crippen molar-refractivity contribution >= 4 is 16.5 Å². The van der Waals surface area contributed by atoms with Crippen molar-refractivity contribution in [3.63, 3.8) is 0 Å². The maximum absolute atomic E-state index is 5.98. The number of fused-ring (bicyclic) bond motifs is 3. The van der Waals surface area contributed by atoms with Gasteiger partial charge in [-0.05, 0) is 48.0 Å². The van der Waals surface area contributed by atoms with Gasteiger partial charge in [0.15, 0.2) is 6.73 Å². The van der Waals surface area contributed by atoms with Crippen molar-refractivity contribution < 1.29 is 9.47 Å². The summed E-state index contributed by atoms with van der Waals surface area (Å²) in [6.07, 6.45) is 0. The summed E-state index contributed by atoms with van der Waals surface area (Å²) < 4.78 is 11.2. The van der Waals surface area contributed by atoms with Gasteiger partial charge in [0.1, 0.15) is 11.5 Å². The van der Waals surface area contributed by atoms with Crippen LogP contribution < -0.4 is 14.4 Å². The summed E-state index contributed by atoms with van der Waals surface area (Å²) in [7, 11) is 1.68. The van der Waals surface area contributed by atoms with Gasteiger partial charge in [-0.2, -0.15) is 0 Å². The van der Waals surface area contributed by atoms with Gasteiger partial charge in [-0.1, -0.05) is 29.8 Å². The predicted molar refractivity (Wildman–Crippen MR) is 93.4 cm³/mol. The van der Waals surface area contributed by atoms with Gasteiger partial charge >= 0.3 is 0 Å². The van der Waals surface area contributed by atoms with Crippen molar-refractivity contribution in [1.82, 2.24) is 0 Å². The average Bonchev–Trinajstić information content (AvgIpc) is 2.61. The van der Waals surface area contributed by atoms with E-state index >= 15 is 0 Å². The Bertz CT molecular complexity index is 855. The van der Waals surface area contributed by atoms with Crippen molar-refractivity contribution in [1.29, 1.82) is 0 Å². The number of methoxy groups -OCH3 is 1. The molecule has 3 aromatic carbocycles. The van der Waals surface area contributed by atoms with Crippen LogP contribution in [0.15, 0.2) is 54.6 Å². The molecule has 0 fully saturated rings. The van der Waals surface area contributed by atoms with E-state index in [0.29, 0.717) is 6.73 Å². The minimum Gasteiger partial charge on any atom is -0.497 e. The van der Waals surface area contributed by atoms with Crippen LogP contribution in [0.25, 0.3) is 10.8 Å². The maximum atomic E-state index is 5.98. The van der Waals surface area contributed by atoms with Gasteiger partial charge in [0.25, 0.3) is 0 Å². The van der Waals surface area contributed by atoms with E-state index in [0.717, 1.165) is 23.7 Å². The SMILES string of the molecule is COc1ccc(N2COc3ccc4cc(C)ccc4c3C2)cc1. The van der Waals surface area contributed by atoms with Crippen molar-refractivity contribution in [3.05, 3.63) is 65.7 Å². The molecular formula is C20H19NO2. The molecule has 1 aliphatic heterocycles. The molecule has 4 rings (SSSR count). The van der Waals surface area contributed by atoms with E-state index in [1.807, 2.05) is 12.1 Å². The number of benzene rings is 3. The summed E-state index contributed by atoms with van der Waals surface area (Å²) in [6.45, 7) is 3.54. The topological polar surface area (TPSA) is 21.7 Å². The van der Waals surface area contributed by atoms with E-state index in [4.69, 9.17) is 9.47 Å². The second-order valence-electron chi connectivity index (χ2n) is 5.94. The summed E-state index contributed by atoms with van der Waals surface area (Å²) in [6, 6.07) is 18.9. The van der Waals surface area contributed by atoms with Crippen molar-refractivity contribution in [2.45, 2.75) is 13.5 Å². The zero-order chi connectivity index (χ0) is 15.8. The Morgan fingerprint density at radius 2 is 1.83 bits per heavy atom. The number of rotatable bonds is 2. The molecule has 0 aromatic heterocycles. The molecule has 3 nitrogen and oxygen atoms in total. The largest absolute Gasteiger partial charge is 0.497 e. The van der Waals surface area contributed by atoms with E-state index in [1.165, 1.54) is 21.9 Å². The van der Waals surface area contributed by atoms with Crippen molar-refractivity contribution in [2.24, 2.45) is 0 Å². The van der Waals surface area contributed by atoms with Crippen LogP contribution in [-0.4, -0.2) is 13.8 Å². The third-order valence-electron chi connectivity index (χ3n) is 4.41. The molecule has 0 unspecified atom stereocenters. The molecule has 3 heteroatoms. The first-order chi connectivity index (χ1) is 11.2. The van der Waals surface area contributed by atoms with Gasteiger partial charge in [-0.15, -0.1) is 0 Å². The second kappa shape index (κ2) is 5.51. The highest BCUT2D eigenvalue weighted by Crippen LogP contribution is 2.34. The zero-order valence-electron chi connectivity index (χ0n) is 13.4. The first kappa shape index (κ1) is 13.9. The summed E-state index contributed by atoms with van der Waals surface area (Å²) >= 11 is 0. The molecule has 0 N–H and O–H groups in total. The Morgan fingerprint density at radius 3 is 2.61 bits per heavy atom. The van der Waals surface area contributed by atoms with Crippen LogP contribution in [0.3, 0.4) is 0 Å². The number of hydrogen-bond donors (Lipinski definition) is 0. The molecule has 3 aromatic rings. The quantitative estimate of drug-likeness (QED) is 0.695. The monoisotopic (exact) mass is 305 g/mol. The number of aryl methyl sites for hydroxylation is 1. The number of ether oxygens (including phenoxy) is 2. The van der Waals surface area contributed by atoms with Crippen LogP contribution in [0.2, 0.25) is 0 Å². The molecule has 0 saturated carbocycles. The highest BCUT2D eigenvalue weighted by atomic mass is 16.5. The lowest BCUT2D eigenvalue weighted by atomic mass is 10.0. The molecule has 0 atom stereocenters. The van der Waals surface area contributed by atoms with Gasteiger partial charge in [0.05, 0.1) is 13.7 Å². The van der Waals surface area contributed by atoms with Gasteiger partial charge in [0.2, 0.25) is 0 Å². The molecule has 1 heterocycles. The number of nitrogens with zero attached hydrogens (tertiary/aromatic N) is 1. The molecule has 116 valence electrons. The predicted octanol–water partition coefficient (Wildman–Crippen LogP) is 4.51. The third kappa shape index (κ3) is 2.48. The summed E-state index contributed by atoms with van der Waals surface area (Å²) in [4.78, 5) is 2.24. The lowest BCUT2D eigenvalue weighted by Gasteiger charge is -2.31. The van der Waals surface area contributed by atoms with E-state index in [1.54, 1.807) is 7.11 Å². The summed E-state index contributed by atoms with van der Waals surface area (Å²) in [5, 5.41) is 2.54. The minimum atomic E-state index is 0.566. The van der Waals surface area contributed by atoms with Crippen LogP contribution in [-0.2, 0) is 6.54 Å². The van der Waals surface area contributed by atoms with Gasteiger partial charge in [0, 0.05) is 11.3 Å². The van der Waals surface area contributed by atoms with Crippen molar-refractivity contribution in [2.75, 3.05) is 18.7 Å². The molecule has 0 amide bonds. The Balaban J connectivity index is 1.72. The fourth-order valence-corrected chi connectivity index (χ4v) is 3.13. The van der Waals surface area contributed by atoms with Crippen LogP contribution in [0.5, 0.6) is 11.5 Å². The van der Waals surface area contributed by atoms with Crippen molar-refractivity contribution in [3.8, 4) is 11.5 Å². The molecule has 0 saturated heterocycles. The molecule has 0 radical (unpaired) electrons. The van der Waals surface area contributed by atoms with Crippen LogP contribution in [0, 0.1) is 6.92 Å². The molecule has 0 spiro atoms. The molecule has 0 aliphatic carbocycles. The third-order valence-corrected chi connectivity index (χ3v) is 4.41. The average molecular weight is 305 g/mol. The summed E-state index contributed by atoms with van der Waals surface area (Å²) in [5.41, 5.74) is 3.67. The smallest absolute Gasteiger partial charge is 0.161 e. The Hall–Kier alpha value is -2.68. The fraction of sp³-hybridized carbons (Fsp3) is 0.200. The van der Waals surface area contributed by atoms with Gasteiger partial charge < -0.3 is 14.4 Å². The van der Waals surface area contributed by atoms with E-state index in [-0.39, 0.29) is 0 Å². The highest BCUT2D eigenvalue weighted by Gasteiger charge is 2.20. The second-order valence-corrected chi connectivity index (χ2v) is 5.94. The normalized spacial score (nSPS) is 13.6. The number of hydrogen-bond acceptors (Lipinski definition) is 3. The van der Waals surface area contributed by atoms with E-state index in [2.05, 4.69) is 54.3 Å². The molecule has 23 heavy (non-hydrogen) atoms. The Morgan fingerprint density at radius 1 is 1.00 bits per heavy atom. The Labute approximate surface area is 136 Å². The lowest BCUT2D eigenvalue weighted by Crippen LogP contribution is -2.31. The number of anilines is 1. The van der Waals surface area contributed by atoms with Crippen LogP contribution >= 0.6 is 0 Å². The maximum Gasteiger partial charge on any atom is 0.161 e. The van der Waals surface area contributed by atoms with Crippen LogP contribution in [0.4, 0.5) is 5.69 Å². The molecule has 0 bridgehead atoms. The minimum absolute atomic E-state index is 0.566. The summed E-state index contributed by atoms with van der Waals surface area (Å²) in [5.74, 6) is 1.86. The van der Waals surface area contributed by atoms with E-state index in [9.17, 15) is 0 Å².